The normalized spacial score (nSPS) is 15.3. The molecule has 0 bridgehead atoms. The van der Waals surface area contributed by atoms with Gasteiger partial charge in [0.05, 0.1) is 12.7 Å². The Kier molecular flexibility index (Phi) is 4.46. The second kappa shape index (κ2) is 7.07. The maximum atomic E-state index is 13.0. The van der Waals surface area contributed by atoms with Crippen LogP contribution >= 0.6 is 0 Å². The molecule has 0 radical (unpaired) electrons. The van der Waals surface area contributed by atoms with E-state index in [0.29, 0.717) is 11.5 Å². The number of anilines is 3. The van der Waals surface area contributed by atoms with Gasteiger partial charge in [-0.15, -0.1) is 0 Å². The Bertz CT molecular complexity index is 955. The topological polar surface area (TPSA) is 67.3 Å². The van der Waals surface area contributed by atoms with Gasteiger partial charge < -0.3 is 15.0 Å². The second-order valence-corrected chi connectivity index (χ2v) is 6.51. The van der Waals surface area contributed by atoms with Crippen molar-refractivity contribution in [3.8, 4) is 5.75 Å². The Hall–Kier alpha value is -3.41. The lowest BCUT2D eigenvalue weighted by Gasteiger charge is -2.22. The molecule has 6 nitrogen and oxygen atoms in total. The fraction of sp³-hybridized carbons (Fsp3) is 0.190. The fourth-order valence-electron chi connectivity index (χ4n) is 3.32. The van der Waals surface area contributed by atoms with Crippen LogP contribution in [-0.2, 0) is 6.42 Å². The molecule has 1 atom stereocenters. The molecule has 0 aliphatic carbocycles. The molecule has 6 heteroatoms. The molecule has 1 unspecified atom stereocenters. The third kappa shape index (κ3) is 3.33. The van der Waals surface area contributed by atoms with Crippen molar-refractivity contribution in [2.24, 2.45) is 0 Å². The zero-order chi connectivity index (χ0) is 18.8. The summed E-state index contributed by atoms with van der Waals surface area (Å²) in [7, 11) is 1.63. The molecule has 1 aliphatic heterocycles. The predicted octanol–water partition coefficient (Wildman–Crippen LogP) is 3.82. The van der Waals surface area contributed by atoms with E-state index in [1.165, 1.54) is 5.56 Å². The number of rotatable bonds is 4. The number of amides is 1. The summed E-state index contributed by atoms with van der Waals surface area (Å²) in [5.74, 6) is 1.14. The lowest BCUT2D eigenvalue weighted by atomic mass is 10.1. The van der Waals surface area contributed by atoms with Gasteiger partial charge in [-0.05, 0) is 49.2 Å². The van der Waals surface area contributed by atoms with Crippen LogP contribution in [0.25, 0.3) is 0 Å². The average molecular weight is 360 g/mol. The quantitative estimate of drug-likeness (QED) is 0.766. The van der Waals surface area contributed by atoms with Crippen LogP contribution in [0.4, 0.5) is 17.3 Å². The average Bonchev–Trinajstić information content (AvgIpc) is 3.04. The number of hydrogen-bond acceptors (Lipinski definition) is 5. The van der Waals surface area contributed by atoms with Crippen LogP contribution in [0.5, 0.6) is 5.75 Å². The van der Waals surface area contributed by atoms with Gasteiger partial charge in [0.25, 0.3) is 5.91 Å². The third-order valence-electron chi connectivity index (χ3n) is 4.67. The monoisotopic (exact) mass is 360 g/mol. The highest BCUT2D eigenvalue weighted by Crippen LogP contribution is 2.32. The Morgan fingerprint density at radius 3 is 2.52 bits per heavy atom. The first-order chi connectivity index (χ1) is 13.2. The molecule has 136 valence electrons. The molecular weight excluding hydrogens is 340 g/mol. The summed E-state index contributed by atoms with van der Waals surface area (Å²) in [4.78, 5) is 23.4. The Morgan fingerprint density at radius 1 is 1.11 bits per heavy atom. The highest BCUT2D eigenvalue weighted by molar-refractivity contribution is 6.07. The highest BCUT2D eigenvalue weighted by Gasteiger charge is 2.31. The zero-order valence-electron chi connectivity index (χ0n) is 15.2. The minimum atomic E-state index is -0.0801. The number of carbonyl (C=O) groups is 1. The molecule has 1 aliphatic rings. The van der Waals surface area contributed by atoms with E-state index in [1.54, 1.807) is 19.5 Å². The SMILES string of the molecule is COc1ccc(Nc2ncc(C(=O)N3c4ccccc4CC3C)cn2)cc1. The van der Waals surface area contributed by atoms with Gasteiger partial charge in [0, 0.05) is 29.8 Å². The van der Waals surface area contributed by atoms with Gasteiger partial charge in [-0.3, -0.25) is 4.79 Å². The largest absolute Gasteiger partial charge is 0.497 e. The zero-order valence-corrected chi connectivity index (χ0v) is 15.2. The molecule has 0 saturated carbocycles. The van der Waals surface area contributed by atoms with Crippen LogP contribution in [0.3, 0.4) is 0 Å². The number of para-hydroxylation sites is 1. The van der Waals surface area contributed by atoms with Crippen LogP contribution in [0, 0.1) is 0 Å². The summed E-state index contributed by atoms with van der Waals surface area (Å²) in [6, 6.07) is 15.6. The van der Waals surface area contributed by atoms with Crippen molar-refractivity contribution in [2.75, 3.05) is 17.3 Å². The third-order valence-corrected chi connectivity index (χ3v) is 4.67. The molecule has 0 saturated heterocycles. The molecule has 2 aromatic carbocycles. The fourth-order valence-corrected chi connectivity index (χ4v) is 3.32. The van der Waals surface area contributed by atoms with Crippen molar-refractivity contribution in [3.05, 3.63) is 72.1 Å². The van der Waals surface area contributed by atoms with Gasteiger partial charge in [-0.1, -0.05) is 18.2 Å². The second-order valence-electron chi connectivity index (χ2n) is 6.51. The lowest BCUT2D eigenvalue weighted by molar-refractivity contribution is 0.0981. The van der Waals surface area contributed by atoms with Crippen molar-refractivity contribution >= 4 is 23.2 Å². The Morgan fingerprint density at radius 2 is 1.81 bits per heavy atom. The highest BCUT2D eigenvalue weighted by atomic mass is 16.5. The summed E-state index contributed by atoms with van der Waals surface area (Å²) in [6.07, 6.45) is 3.99. The number of carbonyl (C=O) groups excluding carboxylic acids is 1. The van der Waals surface area contributed by atoms with E-state index in [1.807, 2.05) is 47.4 Å². The van der Waals surface area contributed by atoms with Crippen molar-refractivity contribution in [1.29, 1.82) is 0 Å². The molecule has 1 N–H and O–H groups in total. The molecule has 0 spiro atoms. The maximum Gasteiger partial charge on any atom is 0.261 e. The van der Waals surface area contributed by atoms with E-state index < -0.39 is 0 Å². The van der Waals surface area contributed by atoms with E-state index in [2.05, 4.69) is 28.3 Å². The minimum Gasteiger partial charge on any atom is -0.497 e. The number of benzene rings is 2. The summed E-state index contributed by atoms with van der Waals surface area (Å²) >= 11 is 0. The van der Waals surface area contributed by atoms with Gasteiger partial charge >= 0.3 is 0 Å². The molecule has 3 aromatic rings. The van der Waals surface area contributed by atoms with Crippen molar-refractivity contribution in [3.63, 3.8) is 0 Å². The number of fused-ring (bicyclic) bond motifs is 1. The van der Waals surface area contributed by atoms with Crippen LogP contribution in [0.15, 0.2) is 60.9 Å². The first kappa shape index (κ1) is 17.0. The number of nitrogens with zero attached hydrogens (tertiary/aromatic N) is 3. The minimum absolute atomic E-state index is 0.0801. The lowest BCUT2D eigenvalue weighted by Crippen LogP contribution is -2.35. The summed E-state index contributed by atoms with van der Waals surface area (Å²) in [5.41, 5.74) is 3.48. The van der Waals surface area contributed by atoms with Crippen molar-refractivity contribution < 1.29 is 9.53 Å². The number of methoxy groups -OCH3 is 1. The smallest absolute Gasteiger partial charge is 0.261 e. The predicted molar refractivity (Wildman–Crippen MR) is 105 cm³/mol. The van der Waals surface area contributed by atoms with Crippen LogP contribution in [-0.4, -0.2) is 29.0 Å². The van der Waals surface area contributed by atoms with E-state index in [4.69, 9.17) is 4.74 Å². The molecule has 0 fully saturated rings. The molecular formula is C21H20N4O2. The van der Waals surface area contributed by atoms with Crippen LogP contribution in [0.1, 0.15) is 22.8 Å². The van der Waals surface area contributed by atoms with Gasteiger partial charge in [0.2, 0.25) is 5.95 Å². The summed E-state index contributed by atoms with van der Waals surface area (Å²) in [5, 5.41) is 3.11. The number of hydrogen-bond donors (Lipinski definition) is 1. The molecule has 1 aromatic heterocycles. The van der Waals surface area contributed by atoms with E-state index in [0.717, 1.165) is 23.5 Å². The van der Waals surface area contributed by atoms with E-state index in [9.17, 15) is 4.79 Å². The molecule has 2 heterocycles. The van der Waals surface area contributed by atoms with Gasteiger partial charge in [0.1, 0.15) is 5.75 Å². The Labute approximate surface area is 157 Å². The summed E-state index contributed by atoms with van der Waals surface area (Å²) in [6.45, 7) is 2.05. The number of aromatic nitrogens is 2. The van der Waals surface area contributed by atoms with Gasteiger partial charge in [-0.25, -0.2) is 9.97 Å². The molecule has 1 amide bonds. The van der Waals surface area contributed by atoms with Crippen molar-refractivity contribution in [2.45, 2.75) is 19.4 Å². The van der Waals surface area contributed by atoms with Crippen LogP contribution in [0.2, 0.25) is 0 Å². The van der Waals surface area contributed by atoms with Crippen molar-refractivity contribution in [1.82, 2.24) is 9.97 Å². The molecule has 4 rings (SSSR count). The van der Waals surface area contributed by atoms with Gasteiger partial charge in [-0.2, -0.15) is 0 Å². The maximum absolute atomic E-state index is 13.0. The standard InChI is InChI=1S/C21H20N4O2/c1-14-11-15-5-3-4-6-19(15)25(14)20(26)16-12-22-21(23-13-16)24-17-7-9-18(27-2)10-8-17/h3-10,12-14H,11H2,1-2H3,(H,22,23,24). The first-order valence-corrected chi connectivity index (χ1v) is 8.80. The van der Waals surface area contributed by atoms with E-state index in [-0.39, 0.29) is 11.9 Å². The number of ether oxygens (including phenoxy) is 1. The van der Waals surface area contributed by atoms with Crippen LogP contribution < -0.4 is 15.0 Å². The molecule has 27 heavy (non-hydrogen) atoms. The van der Waals surface area contributed by atoms with Gasteiger partial charge in [0.15, 0.2) is 0 Å². The van der Waals surface area contributed by atoms with E-state index >= 15 is 0 Å². The number of nitrogens with one attached hydrogen (secondary N) is 1. The summed E-state index contributed by atoms with van der Waals surface area (Å²) < 4.78 is 5.14. The first-order valence-electron chi connectivity index (χ1n) is 8.80. The Balaban J connectivity index is 1.51.